The van der Waals surface area contributed by atoms with E-state index in [1.165, 1.54) is 43.8 Å². The first kappa shape index (κ1) is 37.9. The van der Waals surface area contributed by atoms with Crippen LogP contribution in [0.2, 0.25) is 0 Å². The molecule has 66 heavy (non-hydrogen) atoms. The van der Waals surface area contributed by atoms with Gasteiger partial charge >= 0.3 is 0 Å². The number of hydrogen-bond acceptors (Lipinski definition) is 4. The second-order valence-corrected chi connectivity index (χ2v) is 17.8. The van der Waals surface area contributed by atoms with Gasteiger partial charge in [-0.1, -0.05) is 172 Å². The number of anilines is 1. The number of nitrogens with two attached hydrogens (primary N) is 1. The van der Waals surface area contributed by atoms with Gasteiger partial charge in [0.25, 0.3) is 0 Å². The summed E-state index contributed by atoms with van der Waals surface area (Å²) >= 11 is 0. The largest absolute Gasteiger partial charge is 0.397 e. The second-order valence-electron chi connectivity index (χ2n) is 17.8. The van der Waals surface area contributed by atoms with Gasteiger partial charge in [0.1, 0.15) is 0 Å². The Bertz CT molecular complexity index is 3920. The summed E-state index contributed by atoms with van der Waals surface area (Å²) in [6.07, 6.45) is 0. The predicted octanol–water partition coefficient (Wildman–Crippen LogP) is 14.6. The van der Waals surface area contributed by atoms with E-state index < -0.39 is 0 Å². The van der Waals surface area contributed by atoms with Gasteiger partial charge in [-0.3, -0.25) is 0 Å². The molecule has 13 rings (SSSR count). The van der Waals surface area contributed by atoms with Gasteiger partial charge in [-0.25, -0.2) is 15.0 Å². The van der Waals surface area contributed by atoms with Crippen molar-refractivity contribution < 1.29 is 0 Å². The number of nitrogens with zero attached hydrogens (tertiary/aromatic N) is 5. The monoisotopic (exact) mass is 846 g/mol. The van der Waals surface area contributed by atoms with E-state index >= 15 is 0 Å². The smallest absolute Gasteiger partial charge is 0.164 e. The number of para-hydroxylation sites is 2. The van der Waals surface area contributed by atoms with Crippen molar-refractivity contribution in [2.45, 2.75) is 19.3 Å². The molecule has 0 atom stereocenters. The number of hydrogen-bond donors (Lipinski definition) is 1. The zero-order valence-corrected chi connectivity index (χ0v) is 36.4. The molecule has 3 heterocycles. The highest BCUT2D eigenvalue weighted by Gasteiger charge is 2.35. The van der Waals surface area contributed by atoms with Crippen molar-refractivity contribution in [1.29, 1.82) is 0 Å². The summed E-state index contributed by atoms with van der Waals surface area (Å²) in [5.74, 6) is 1.74. The molecule has 0 saturated heterocycles. The van der Waals surface area contributed by atoms with Crippen LogP contribution in [0.4, 0.5) is 5.69 Å². The predicted molar refractivity (Wildman–Crippen MR) is 272 cm³/mol. The first-order chi connectivity index (χ1) is 32.4. The summed E-state index contributed by atoms with van der Waals surface area (Å²) in [5.41, 5.74) is 24.4. The first-order valence-corrected chi connectivity index (χ1v) is 22.5. The maximum absolute atomic E-state index is 7.30. The molecule has 2 N–H and O–H groups in total. The molecule has 0 unspecified atom stereocenters. The van der Waals surface area contributed by atoms with Gasteiger partial charge in [-0.05, 0) is 81.9 Å². The molecule has 6 nitrogen and oxygen atoms in total. The van der Waals surface area contributed by atoms with Crippen molar-refractivity contribution in [3.05, 3.63) is 217 Å². The minimum Gasteiger partial charge on any atom is -0.397 e. The average Bonchev–Trinajstić information content (AvgIpc) is 3.97. The number of nitrogen functional groups attached to an aromatic ring is 1. The number of fused-ring (bicyclic) bond motifs is 10. The van der Waals surface area contributed by atoms with E-state index in [-0.39, 0.29) is 5.41 Å². The molecule has 1 aliphatic carbocycles. The van der Waals surface area contributed by atoms with Gasteiger partial charge in [0.05, 0.1) is 33.4 Å². The lowest BCUT2D eigenvalue weighted by Crippen LogP contribution is -2.15. The van der Waals surface area contributed by atoms with Gasteiger partial charge in [0.2, 0.25) is 0 Å². The van der Waals surface area contributed by atoms with Crippen molar-refractivity contribution in [2.24, 2.45) is 0 Å². The van der Waals surface area contributed by atoms with Gasteiger partial charge in [0, 0.05) is 49.3 Å². The molecule has 312 valence electrons. The Labute approximate surface area is 381 Å². The Hall–Kier alpha value is -8.61. The molecule has 6 heteroatoms. The lowest BCUT2D eigenvalue weighted by atomic mass is 9.82. The lowest BCUT2D eigenvalue weighted by molar-refractivity contribution is 0.660. The summed E-state index contributed by atoms with van der Waals surface area (Å²) in [6, 6.07) is 72.9. The highest BCUT2D eigenvalue weighted by molar-refractivity contribution is 6.26. The topological polar surface area (TPSA) is 74.5 Å². The molecule has 1 aliphatic rings. The van der Waals surface area contributed by atoms with Crippen LogP contribution in [0.5, 0.6) is 0 Å². The third kappa shape index (κ3) is 5.64. The van der Waals surface area contributed by atoms with Crippen LogP contribution in [0.3, 0.4) is 0 Å². The quantitative estimate of drug-likeness (QED) is 0.169. The van der Waals surface area contributed by atoms with Crippen LogP contribution in [-0.2, 0) is 5.41 Å². The fourth-order valence-electron chi connectivity index (χ4n) is 10.7. The van der Waals surface area contributed by atoms with E-state index in [4.69, 9.17) is 20.7 Å². The first-order valence-electron chi connectivity index (χ1n) is 22.5. The van der Waals surface area contributed by atoms with E-state index in [1.807, 2.05) is 48.5 Å². The highest BCUT2D eigenvalue weighted by Crippen LogP contribution is 2.50. The zero-order valence-electron chi connectivity index (χ0n) is 36.4. The van der Waals surface area contributed by atoms with Crippen molar-refractivity contribution in [2.75, 3.05) is 5.73 Å². The molecule has 9 aromatic carbocycles. The molecule has 0 saturated carbocycles. The van der Waals surface area contributed by atoms with E-state index in [1.54, 1.807) is 0 Å². The number of rotatable bonds is 6. The summed E-state index contributed by atoms with van der Waals surface area (Å²) in [5, 5.41) is 4.69. The number of benzene rings is 9. The normalized spacial score (nSPS) is 12.9. The third-order valence-electron chi connectivity index (χ3n) is 13.7. The molecule has 0 fully saturated rings. The SMILES string of the molecule is CC1(C)c2ccccc2-c2ccc(-n3c4ccccc4c4c3ccc3c5ccccc5n(-c5ccc(-c6nc(-c7ccccc7)nc(-c7ccccc7-c7ccccc7)n6)cc5N)c34)cc21. The van der Waals surface area contributed by atoms with Crippen molar-refractivity contribution >= 4 is 49.3 Å². The molecule has 3 aromatic heterocycles. The summed E-state index contributed by atoms with van der Waals surface area (Å²) in [7, 11) is 0. The van der Waals surface area contributed by atoms with Crippen LogP contribution < -0.4 is 5.73 Å². The van der Waals surface area contributed by atoms with E-state index in [0.717, 1.165) is 61.3 Å². The highest BCUT2D eigenvalue weighted by atomic mass is 15.0. The van der Waals surface area contributed by atoms with E-state index in [2.05, 4.69) is 181 Å². The Morgan fingerprint density at radius 3 is 1.74 bits per heavy atom. The minimum absolute atomic E-state index is 0.122. The Kier molecular flexibility index (Phi) is 8.30. The van der Waals surface area contributed by atoms with Crippen LogP contribution in [0, 0.1) is 0 Å². The summed E-state index contributed by atoms with van der Waals surface area (Å²) < 4.78 is 4.80. The van der Waals surface area contributed by atoms with Gasteiger partial charge in [0.15, 0.2) is 17.5 Å². The maximum atomic E-state index is 7.30. The molecule has 0 bridgehead atoms. The summed E-state index contributed by atoms with van der Waals surface area (Å²) in [4.78, 5) is 15.4. The van der Waals surface area contributed by atoms with Crippen LogP contribution in [0.1, 0.15) is 25.0 Å². The minimum atomic E-state index is -0.122. The van der Waals surface area contributed by atoms with Gasteiger partial charge in [-0.2, -0.15) is 0 Å². The molecule has 0 radical (unpaired) electrons. The molecule has 0 aliphatic heterocycles. The van der Waals surface area contributed by atoms with Crippen molar-refractivity contribution in [1.82, 2.24) is 24.1 Å². The van der Waals surface area contributed by atoms with Crippen LogP contribution >= 0.6 is 0 Å². The lowest BCUT2D eigenvalue weighted by Gasteiger charge is -2.22. The van der Waals surface area contributed by atoms with Gasteiger partial charge < -0.3 is 14.9 Å². The third-order valence-corrected chi connectivity index (χ3v) is 13.7. The molecular weight excluding hydrogens is 805 g/mol. The summed E-state index contributed by atoms with van der Waals surface area (Å²) in [6.45, 7) is 4.69. The fourth-order valence-corrected chi connectivity index (χ4v) is 10.7. The van der Waals surface area contributed by atoms with Crippen molar-refractivity contribution in [3.8, 4) is 67.8 Å². The standard InChI is InChI=1S/C60H42N6/c1-60(2)48-26-14-11-22-42(48)43-31-30-40(36-49(43)60)65-52-28-16-13-25-47(52)55-54(65)34-32-45-44-23-12-15-27-51(44)66(56(45)55)53-33-29-39(35-50(53)61)58-62-57(38-19-7-4-8-20-38)63-59(64-58)46-24-10-9-21-41(46)37-17-5-3-6-18-37/h3-36H,61H2,1-2H3. The van der Waals surface area contributed by atoms with E-state index in [9.17, 15) is 0 Å². The number of aromatic nitrogens is 5. The average molecular weight is 847 g/mol. The molecular formula is C60H42N6. The van der Waals surface area contributed by atoms with Crippen LogP contribution in [0.15, 0.2) is 206 Å². The maximum Gasteiger partial charge on any atom is 0.164 e. The fraction of sp³-hybridized carbons (Fsp3) is 0.0500. The Morgan fingerprint density at radius 1 is 0.394 bits per heavy atom. The Balaban J connectivity index is 1.01. The Morgan fingerprint density at radius 2 is 0.985 bits per heavy atom. The van der Waals surface area contributed by atoms with E-state index in [0.29, 0.717) is 23.2 Å². The van der Waals surface area contributed by atoms with Gasteiger partial charge in [-0.15, -0.1) is 0 Å². The molecule has 0 amide bonds. The van der Waals surface area contributed by atoms with Crippen LogP contribution in [-0.4, -0.2) is 24.1 Å². The zero-order chi connectivity index (χ0) is 44.1. The molecule has 0 spiro atoms. The van der Waals surface area contributed by atoms with Crippen LogP contribution in [0.25, 0.3) is 111 Å². The molecule has 12 aromatic rings. The van der Waals surface area contributed by atoms with Crippen molar-refractivity contribution in [3.63, 3.8) is 0 Å². The second kappa shape index (κ2) is 14.5.